The highest BCUT2D eigenvalue weighted by atomic mass is 16.5. The Labute approximate surface area is 147 Å². The molecule has 0 bridgehead atoms. The summed E-state index contributed by atoms with van der Waals surface area (Å²) in [6, 6.07) is 9.59. The molecule has 0 radical (unpaired) electrons. The summed E-state index contributed by atoms with van der Waals surface area (Å²) < 4.78 is 10.9. The number of aromatic nitrogens is 2. The highest BCUT2D eigenvalue weighted by Crippen LogP contribution is 2.33. The first kappa shape index (κ1) is 17.4. The molecule has 1 aliphatic rings. The van der Waals surface area contributed by atoms with Gasteiger partial charge in [-0.25, -0.2) is 4.98 Å². The maximum absolute atomic E-state index is 12.1. The minimum absolute atomic E-state index is 0.153. The molecule has 0 N–H and O–H groups in total. The van der Waals surface area contributed by atoms with Crippen molar-refractivity contribution in [3.8, 4) is 11.6 Å². The van der Waals surface area contributed by atoms with Crippen molar-refractivity contribution in [1.82, 2.24) is 14.9 Å². The monoisotopic (exact) mass is 341 g/mol. The number of hydrogen-bond donors (Lipinski definition) is 0. The highest BCUT2D eigenvalue weighted by Gasteiger charge is 2.27. The molecule has 6 nitrogen and oxygen atoms in total. The Morgan fingerprint density at radius 2 is 1.88 bits per heavy atom. The van der Waals surface area contributed by atoms with E-state index in [9.17, 15) is 4.79 Å². The summed E-state index contributed by atoms with van der Waals surface area (Å²) in [6.07, 6.45) is 5.51. The van der Waals surface area contributed by atoms with E-state index in [0.717, 1.165) is 37.4 Å². The van der Waals surface area contributed by atoms with E-state index in [4.69, 9.17) is 9.47 Å². The van der Waals surface area contributed by atoms with Gasteiger partial charge in [0.05, 0.1) is 13.0 Å². The van der Waals surface area contributed by atoms with Crippen LogP contribution in [0.1, 0.15) is 30.9 Å². The van der Waals surface area contributed by atoms with Gasteiger partial charge in [0, 0.05) is 38.5 Å². The number of ether oxygens (including phenoxy) is 2. The molecule has 1 fully saturated rings. The van der Waals surface area contributed by atoms with E-state index >= 15 is 0 Å². The van der Waals surface area contributed by atoms with E-state index in [1.807, 2.05) is 35.2 Å². The lowest BCUT2D eigenvalue weighted by Gasteiger charge is -2.32. The first-order valence-corrected chi connectivity index (χ1v) is 8.58. The van der Waals surface area contributed by atoms with Crippen LogP contribution in [0.5, 0.6) is 11.6 Å². The predicted octanol–water partition coefficient (Wildman–Crippen LogP) is 3.01. The van der Waals surface area contributed by atoms with Crippen LogP contribution in [0.4, 0.5) is 0 Å². The molecule has 0 atom stereocenters. The summed E-state index contributed by atoms with van der Waals surface area (Å²) in [7, 11) is 1.61. The number of likely N-dealkylation sites (tertiary alicyclic amines) is 1. The van der Waals surface area contributed by atoms with Gasteiger partial charge in [0.2, 0.25) is 11.8 Å². The zero-order valence-corrected chi connectivity index (χ0v) is 14.4. The van der Waals surface area contributed by atoms with Crippen molar-refractivity contribution in [1.29, 1.82) is 0 Å². The number of nitrogens with zero attached hydrogens (tertiary/aromatic N) is 3. The third-order valence-electron chi connectivity index (χ3n) is 4.40. The van der Waals surface area contributed by atoms with Crippen molar-refractivity contribution in [2.45, 2.75) is 25.2 Å². The molecule has 132 valence electrons. The van der Waals surface area contributed by atoms with E-state index in [2.05, 4.69) is 9.97 Å². The van der Waals surface area contributed by atoms with Gasteiger partial charge < -0.3 is 14.4 Å². The van der Waals surface area contributed by atoms with Crippen LogP contribution in [-0.4, -0.2) is 47.6 Å². The van der Waals surface area contributed by atoms with Crippen molar-refractivity contribution in [3.05, 3.63) is 48.4 Å². The predicted molar refractivity (Wildman–Crippen MR) is 93.6 cm³/mol. The van der Waals surface area contributed by atoms with Gasteiger partial charge in [-0.3, -0.25) is 9.78 Å². The van der Waals surface area contributed by atoms with E-state index in [1.54, 1.807) is 19.5 Å². The topological polar surface area (TPSA) is 64.5 Å². The van der Waals surface area contributed by atoms with Crippen LogP contribution in [-0.2, 0) is 9.53 Å². The fraction of sp³-hybridized carbons (Fsp3) is 0.421. The van der Waals surface area contributed by atoms with Gasteiger partial charge in [0.25, 0.3) is 0 Å². The van der Waals surface area contributed by atoms with E-state index in [0.29, 0.717) is 18.9 Å². The van der Waals surface area contributed by atoms with Crippen LogP contribution in [0.15, 0.2) is 42.7 Å². The number of piperidine rings is 1. The minimum atomic E-state index is 0.153. The first-order chi connectivity index (χ1) is 12.3. The van der Waals surface area contributed by atoms with Crippen LogP contribution in [0.25, 0.3) is 0 Å². The Hall–Kier alpha value is -2.47. The van der Waals surface area contributed by atoms with Gasteiger partial charge in [-0.1, -0.05) is 18.2 Å². The molecule has 6 heteroatoms. The van der Waals surface area contributed by atoms with Gasteiger partial charge in [-0.05, 0) is 25.0 Å². The van der Waals surface area contributed by atoms with Gasteiger partial charge >= 0.3 is 0 Å². The number of amides is 1. The van der Waals surface area contributed by atoms with Crippen molar-refractivity contribution in [2.75, 3.05) is 26.8 Å². The molecule has 25 heavy (non-hydrogen) atoms. The number of hydrogen-bond acceptors (Lipinski definition) is 5. The lowest BCUT2D eigenvalue weighted by Crippen LogP contribution is -2.38. The largest absolute Gasteiger partial charge is 0.437 e. The number of para-hydroxylation sites is 1. The molecule has 1 aromatic carbocycles. The third kappa shape index (κ3) is 4.54. The van der Waals surface area contributed by atoms with Crippen molar-refractivity contribution in [2.24, 2.45) is 0 Å². The zero-order valence-electron chi connectivity index (χ0n) is 14.4. The lowest BCUT2D eigenvalue weighted by molar-refractivity contribution is -0.133. The van der Waals surface area contributed by atoms with E-state index < -0.39 is 0 Å². The first-order valence-electron chi connectivity index (χ1n) is 8.58. The second-order valence-corrected chi connectivity index (χ2v) is 6.06. The second kappa shape index (κ2) is 8.58. The van der Waals surface area contributed by atoms with Crippen molar-refractivity contribution in [3.63, 3.8) is 0 Å². The summed E-state index contributed by atoms with van der Waals surface area (Å²) in [4.78, 5) is 22.9. The van der Waals surface area contributed by atoms with Gasteiger partial charge in [-0.2, -0.15) is 0 Å². The second-order valence-electron chi connectivity index (χ2n) is 6.06. The Kier molecular flexibility index (Phi) is 5.95. The van der Waals surface area contributed by atoms with Crippen LogP contribution in [0, 0.1) is 0 Å². The number of rotatable bonds is 6. The summed E-state index contributed by atoms with van der Waals surface area (Å²) >= 11 is 0. The quantitative estimate of drug-likeness (QED) is 0.808. The van der Waals surface area contributed by atoms with Gasteiger partial charge in [0.1, 0.15) is 11.4 Å². The van der Waals surface area contributed by atoms with Crippen LogP contribution in [0.2, 0.25) is 0 Å². The average Bonchev–Trinajstić information content (AvgIpc) is 2.67. The Balaban J connectivity index is 1.64. The van der Waals surface area contributed by atoms with E-state index in [1.165, 1.54) is 0 Å². The van der Waals surface area contributed by atoms with Gasteiger partial charge in [-0.15, -0.1) is 0 Å². The average molecular weight is 341 g/mol. The molecule has 1 aliphatic heterocycles. The molecule has 0 unspecified atom stereocenters. The standard InChI is InChI=1S/C19H23N3O3/c1-24-14-9-17(23)22-12-7-15(8-13-22)18-19(21-11-10-20-18)25-16-5-3-2-4-6-16/h2-6,10-11,15H,7-9,12-14H2,1H3. The van der Waals surface area contributed by atoms with Gasteiger partial charge in [0.15, 0.2) is 0 Å². The molecular weight excluding hydrogens is 318 g/mol. The SMILES string of the molecule is COCCC(=O)N1CCC(c2nccnc2Oc2ccccc2)CC1. The minimum Gasteiger partial charge on any atom is -0.437 e. The summed E-state index contributed by atoms with van der Waals surface area (Å²) in [5, 5.41) is 0. The molecular formula is C19H23N3O3. The van der Waals surface area contributed by atoms with Crippen molar-refractivity contribution < 1.29 is 14.3 Å². The van der Waals surface area contributed by atoms with Crippen LogP contribution < -0.4 is 4.74 Å². The van der Waals surface area contributed by atoms with E-state index in [-0.39, 0.29) is 11.8 Å². The maximum Gasteiger partial charge on any atom is 0.241 e. The Morgan fingerprint density at radius 1 is 1.16 bits per heavy atom. The highest BCUT2D eigenvalue weighted by molar-refractivity contribution is 5.76. The number of carbonyl (C=O) groups is 1. The smallest absolute Gasteiger partial charge is 0.241 e. The maximum atomic E-state index is 12.1. The molecule has 0 spiro atoms. The normalized spacial score (nSPS) is 15.2. The van der Waals surface area contributed by atoms with Crippen LogP contribution >= 0.6 is 0 Å². The lowest BCUT2D eigenvalue weighted by atomic mass is 9.93. The Bertz CT molecular complexity index is 685. The molecule has 0 aliphatic carbocycles. The fourth-order valence-corrected chi connectivity index (χ4v) is 3.04. The fourth-order valence-electron chi connectivity index (χ4n) is 3.04. The molecule has 0 saturated carbocycles. The molecule has 1 saturated heterocycles. The summed E-state index contributed by atoms with van der Waals surface area (Å²) in [6.45, 7) is 1.93. The third-order valence-corrected chi connectivity index (χ3v) is 4.40. The number of methoxy groups -OCH3 is 1. The molecule has 2 aromatic rings. The summed E-state index contributed by atoms with van der Waals surface area (Å²) in [5.41, 5.74) is 0.871. The Morgan fingerprint density at radius 3 is 2.60 bits per heavy atom. The van der Waals surface area contributed by atoms with Crippen molar-refractivity contribution >= 4 is 5.91 Å². The molecule has 2 heterocycles. The summed E-state index contributed by atoms with van der Waals surface area (Å²) in [5.74, 6) is 1.70. The molecule has 1 amide bonds. The zero-order chi connectivity index (χ0) is 17.5. The molecule has 1 aromatic heterocycles. The number of carbonyl (C=O) groups excluding carboxylic acids is 1. The van der Waals surface area contributed by atoms with Crippen LogP contribution in [0.3, 0.4) is 0 Å². The molecule has 3 rings (SSSR count). The number of benzene rings is 1.